The van der Waals surface area contributed by atoms with Crippen LogP contribution in [0.2, 0.25) is 0 Å². The van der Waals surface area contributed by atoms with Crippen molar-refractivity contribution in [2.24, 2.45) is 16.7 Å². The maximum atomic E-state index is 13.7. The first kappa shape index (κ1) is 26.6. The number of hydrogen-bond acceptors (Lipinski definition) is 5. The van der Waals surface area contributed by atoms with Gasteiger partial charge in [-0.05, 0) is 34.8 Å². The van der Waals surface area contributed by atoms with Crippen LogP contribution in [0.5, 0.6) is 0 Å². The number of likely N-dealkylation sites (tertiary alicyclic amines) is 1. The highest BCUT2D eigenvalue weighted by molar-refractivity contribution is 7.13. The molecule has 1 aromatic carbocycles. The maximum Gasteiger partial charge on any atom is 0.227 e. The summed E-state index contributed by atoms with van der Waals surface area (Å²) >= 11 is 1.63. The van der Waals surface area contributed by atoms with Gasteiger partial charge in [0.05, 0.1) is 28.2 Å². The van der Waals surface area contributed by atoms with Crippen LogP contribution in [-0.4, -0.2) is 45.4 Å². The van der Waals surface area contributed by atoms with Crippen molar-refractivity contribution >= 4 is 23.0 Å². The van der Waals surface area contributed by atoms with E-state index >= 15 is 0 Å². The summed E-state index contributed by atoms with van der Waals surface area (Å²) in [6.07, 6.45) is 0.00764. The number of aliphatic hydroxyl groups excluding tert-OH is 1. The lowest BCUT2D eigenvalue weighted by Gasteiger charge is -2.42. The van der Waals surface area contributed by atoms with E-state index in [0.29, 0.717) is 12.8 Å². The summed E-state index contributed by atoms with van der Waals surface area (Å²) in [4.78, 5) is 34.2. The fourth-order valence-corrected chi connectivity index (χ4v) is 6.48. The quantitative estimate of drug-likeness (QED) is 0.558. The van der Waals surface area contributed by atoms with Gasteiger partial charge in [0.15, 0.2) is 5.78 Å². The van der Waals surface area contributed by atoms with Crippen molar-refractivity contribution in [3.8, 4) is 10.4 Å². The number of β-amino-alcohol motifs (C(OH)–C–C–N with tert-alkyl or cyclic N) is 1. The third-order valence-corrected chi connectivity index (χ3v) is 7.89. The van der Waals surface area contributed by atoms with Gasteiger partial charge in [0.1, 0.15) is 0 Å². The van der Waals surface area contributed by atoms with Gasteiger partial charge in [-0.1, -0.05) is 72.7 Å². The summed E-state index contributed by atoms with van der Waals surface area (Å²) in [6, 6.07) is 7.77. The van der Waals surface area contributed by atoms with Crippen LogP contribution in [-0.2, 0) is 9.59 Å². The average Bonchev–Trinajstić information content (AvgIpc) is 3.31. The standard InChI is InChI=1S/C28H40N2O3S/c1-17(19-9-11-20(12-10-19)24-18(2)29-16-34-24)13-23(32)22-14-21(31)15-30(22)26(33)25(27(3,4)5)28(6,7)8/h9-12,16-17,21-22,25,31H,13-15H2,1-8H3. The molecule has 2 heterocycles. The van der Waals surface area contributed by atoms with Gasteiger partial charge in [-0.2, -0.15) is 0 Å². The fourth-order valence-electron chi connectivity index (χ4n) is 5.67. The van der Waals surface area contributed by atoms with E-state index in [1.54, 1.807) is 16.2 Å². The second-order valence-electron chi connectivity index (χ2n) is 12.0. The largest absolute Gasteiger partial charge is 0.391 e. The first-order valence-electron chi connectivity index (χ1n) is 12.2. The summed E-state index contributed by atoms with van der Waals surface area (Å²) in [5.41, 5.74) is 4.61. The number of nitrogens with zero attached hydrogens (tertiary/aromatic N) is 2. The van der Waals surface area contributed by atoms with Crippen molar-refractivity contribution in [3.05, 3.63) is 41.0 Å². The smallest absolute Gasteiger partial charge is 0.227 e. The second-order valence-corrected chi connectivity index (χ2v) is 12.9. The van der Waals surface area contributed by atoms with Crippen LogP contribution in [0.4, 0.5) is 0 Å². The highest BCUT2D eigenvalue weighted by Gasteiger charge is 2.47. The monoisotopic (exact) mass is 484 g/mol. The van der Waals surface area contributed by atoms with E-state index in [1.165, 1.54) is 0 Å². The molecule has 1 aliphatic rings. The number of carbonyl (C=O) groups excluding carboxylic acids is 2. The van der Waals surface area contributed by atoms with Gasteiger partial charge in [0, 0.05) is 25.3 Å². The topological polar surface area (TPSA) is 70.5 Å². The number of thiazole rings is 1. The summed E-state index contributed by atoms with van der Waals surface area (Å²) in [5.74, 6) is -0.214. The molecule has 1 amide bonds. The lowest BCUT2D eigenvalue weighted by Crippen LogP contribution is -2.50. The van der Waals surface area contributed by atoms with Crippen LogP contribution < -0.4 is 0 Å². The Balaban J connectivity index is 1.75. The maximum absolute atomic E-state index is 13.7. The summed E-state index contributed by atoms with van der Waals surface area (Å²) in [6.45, 7) is 16.7. The third kappa shape index (κ3) is 5.77. The minimum Gasteiger partial charge on any atom is -0.391 e. The van der Waals surface area contributed by atoms with Crippen LogP contribution in [0.1, 0.15) is 78.5 Å². The van der Waals surface area contributed by atoms with Crippen LogP contribution in [0, 0.1) is 23.7 Å². The van der Waals surface area contributed by atoms with Crippen molar-refractivity contribution in [2.45, 2.75) is 86.3 Å². The minimum absolute atomic E-state index is 0.0215. The SMILES string of the molecule is Cc1ncsc1-c1ccc(C(C)CC(=O)C2CC(O)CN2C(=O)C(C(C)(C)C)C(C)(C)C)cc1. The first-order chi connectivity index (χ1) is 15.7. The number of ketones is 1. The van der Waals surface area contributed by atoms with E-state index in [-0.39, 0.29) is 40.9 Å². The van der Waals surface area contributed by atoms with Gasteiger partial charge in [-0.3, -0.25) is 9.59 Å². The third-order valence-electron chi connectivity index (χ3n) is 6.91. The molecular formula is C28H40N2O3S. The number of hydrogen-bond donors (Lipinski definition) is 1. The number of benzene rings is 1. The Bertz CT molecular complexity index is 1000. The lowest BCUT2D eigenvalue weighted by atomic mass is 9.66. The molecule has 0 spiro atoms. The molecule has 1 fully saturated rings. The summed E-state index contributed by atoms with van der Waals surface area (Å²) in [7, 11) is 0. The number of aliphatic hydroxyl groups is 1. The van der Waals surface area contributed by atoms with Crippen molar-refractivity contribution < 1.29 is 14.7 Å². The summed E-state index contributed by atoms with van der Waals surface area (Å²) in [5, 5.41) is 10.4. The van der Waals surface area contributed by atoms with Gasteiger partial charge in [-0.25, -0.2) is 4.98 Å². The van der Waals surface area contributed by atoms with Crippen molar-refractivity contribution in [1.29, 1.82) is 0 Å². The zero-order valence-corrected chi connectivity index (χ0v) is 22.7. The zero-order chi connectivity index (χ0) is 25.4. The van der Waals surface area contributed by atoms with E-state index in [4.69, 9.17) is 0 Å². The first-order valence-corrected chi connectivity index (χ1v) is 13.1. The molecule has 34 heavy (non-hydrogen) atoms. The lowest BCUT2D eigenvalue weighted by molar-refractivity contribution is -0.148. The molecule has 0 bridgehead atoms. The van der Waals surface area contributed by atoms with E-state index in [0.717, 1.165) is 21.7 Å². The number of amides is 1. The van der Waals surface area contributed by atoms with Crippen LogP contribution in [0.3, 0.4) is 0 Å². The molecular weight excluding hydrogens is 444 g/mol. The molecule has 3 rings (SSSR count). The fraction of sp³-hybridized carbons (Fsp3) is 0.607. The molecule has 1 aliphatic heterocycles. The van der Waals surface area contributed by atoms with Crippen LogP contribution in [0.25, 0.3) is 10.4 Å². The van der Waals surface area contributed by atoms with E-state index in [2.05, 4.69) is 77.7 Å². The second kappa shape index (κ2) is 9.90. The van der Waals surface area contributed by atoms with E-state index < -0.39 is 12.1 Å². The molecule has 6 heteroatoms. The van der Waals surface area contributed by atoms with Crippen molar-refractivity contribution in [2.75, 3.05) is 6.54 Å². The predicted octanol–water partition coefficient (Wildman–Crippen LogP) is 5.85. The number of Topliss-reactive ketones (excluding diaryl/α,β-unsaturated/α-hetero) is 1. The number of aryl methyl sites for hydroxylation is 1. The molecule has 1 aromatic heterocycles. The number of rotatable bonds is 6. The average molecular weight is 485 g/mol. The minimum atomic E-state index is -0.657. The van der Waals surface area contributed by atoms with Crippen LogP contribution in [0.15, 0.2) is 29.8 Å². The number of aromatic nitrogens is 1. The van der Waals surface area contributed by atoms with Gasteiger partial charge in [0.2, 0.25) is 5.91 Å². The van der Waals surface area contributed by atoms with Gasteiger partial charge >= 0.3 is 0 Å². The highest BCUT2D eigenvalue weighted by Crippen LogP contribution is 2.42. The predicted molar refractivity (Wildman–Crippen MR) is 139 cm³/mol. The molecule has 3 unspecified atom stereocenters. The molecule has 186 valence electrons. The Hall–Kier alpha value is -2.05. The zero-order valence-electron chi connectivity index (χ0n) is 21.9. The molecule has 1 N–H and O–H groups in total. The molecule has 3 atom stereocenters. The molecule has 0 aliphatic carbocycles. The van der Waals surface area contributed by atoms with Gasteiger partial charge in [-0.15, -0.1) is 11.3 Å². The Labute approximate surface area is 208 Å². The van der Waals surface area contributed by atoms with Crippen molar-refractivity contribution in [1.82, 2.24) is 9.88 Å². The molecule has 2 aromatic rings. The molecule has 0 radical (unpaired) electrons. The Kier molecular flexibility index (Phi) is 7.73. The van der Waals surface area contributed by atoms with Crippen molar-refractivity contribution in [3.63, 3.8) is 0 Å². The normalized spacial score (nSPS) is 20.1. The van der Waals surface area contributed by atoms with Gasteiger partial charge < -0.3 is 10.0 Å². The molecule has 1 saturated heterocycles. The van der Waals surface area contributed by atoms with E-state index in [9.17, 15) is 14.7 Å². The molecule has 0 saturated carbocycles. The Morgan fingerprint density at radius 3 is 2.21 bits per heavy atom. The molecule has 5 nitrogen and oxygen atoms in total. The Morgan fingerprint density at radius 2 is 1.71 bits per heavy atom. The van der Waals surface area contributed by atoms with E-state index in [1.807, 2.05) is 12.4 Å². The Morgan fingerprint density at radius 1 is 1.12 bits per heavy atom. The number of carbonyl (C=O) groups is 2. The van der Waals surface area contributed by atoms with Crippen LogP contribution >= 0.6 is 11.3 Å². The van der Waals surface area contributed by atoms with Gasteiger partial charge in [0.25, 0.3) is 0 Å². The summed E-state index contributed by atoms with van der Waals surface area (Å²) < 4.78 is 0. The highest BCUT2D eigenvalue weighted by atomic mass is 32.1.